The van der Waals surface area contributed by atoms with Gasteiger partial charge in [-0.2, -0.15) is 0 Å². The number of likely N-dealkylation sites (tertiary alicyclic amines) is 1. The Kier molecular flexibility index (Phi) is 2.49. The summed E-state index contributed by atoms with van der Waals surface area (Å²) in [6, 6.07) is 0. The maximum Gasteiger partial charge on any atom is 0.0668 e. The van der Waals surface area contributed by atoms with Crippen molar-refractivity contribution >= 4 is 0 Å². The number of rotatable bonds is 2. The average molecular weight is 128 g/mol. The van der Waals surface area contributed by atoms with Gasteiger partial charge >= 0.3 is 0 Å². The van der Waals surface area contributed by atoms with Crippen molar-refractivity contribution in [2.45, 2.75) is 18.9 Å². The molecule has 1 atom stereocenters. The van der Waals surface area contributed by atoms with Gasteiger partial charge in [-0.05, 0) is 32.9 Å². The Balaban J connectivity index is 2.11. The quantitative estimate of drug-likeness (QED) is 0.577. The zero-order chi connectivity index (χ0) is 6.69. The van der Waals surface area contributed by atoms with Crippen molar-refractivity contribution in [3.05, 3.63) is 6.92 Å². The van der Waals surface area contributed by atoms with Crippen molar-refractivity contribution < 1.29 is 5.11 Å². The fourth-order valence-corrected chi connectivity index (χ4v) is 1.26. The van der Waals surface area contributed by atoms with Crippen molar-refractivity contribution in [1.29, 1.82) is 0 Å². The summed E-state index contributed by atoms with van der Waals surface area (Å²) in [6.45, 7) is 6.56. The summed E-state index contributed by atoms with van der Waals surface area (Å²) < 4.78 is 0. The summed E-state index contributed by atoms with van der Waals surface area (Å²) in [7, 11) is 0. The molecule has 0 spiro atoms. The van der Waals surface area contributed by atoms with Gasteiger partial charge in [0.05, 0.1) is 6.10 Å². The number of hydrogen-bond acceptors (Lipinski definition) is 2. The van der Waals surface area contributed by atoms with Crippen LogP contribution in [-0.2, 0) is 0 Å². The Hall–Kier alpha value is -0.0800. The van der Waals surface area contributed by atoms with Crippen LogP contribution in [0.25, 0.3) is 0 Å². The van der Waals surface area contributed by atoms with E-state index in [0.29, 0.717) is 0 Å². The van der Waals surface area contributed by atoms with Crippen LogP contribution in [0.15, 0.2) is 0 Å². The Bertz CT molecular complexity index is 77.0. The van der Waals surface area contributed by atoms with Crippen LogP contribution in [0.5, 0.6) is 0 Å². The van der Waals surface area contributed by atoms with Crippen LogP contribution in [-0.4, -0.2) is 35.7 Å². The second kappa shape index (κ2) is 3.18. The molecule has 1 fully saturated rings. The summed E-state index contributed by atoms with van der Waals surface area (Å²) in [6.07, 6.45) is 2.17. The molecule has 0 aromatic rings. The highest BCUT2D eigenvalue weighted by Gasteiger charge is 2.12. The summed E-state index contributed by atoms with van der Waals surface area (Å²) >= 11 is 0. The normalized spacial score (nSPS) is 24.7. The molecule has 0 aliphatic carbocycles. The molecule has 1 radical (unpaired) electrons. The van der Waals surface area contributed by atoms with Crippen LogP contribution in [0.3, 0.4) is 0 Å². The van der Waals surface area contributed by atoms with Crippen LogP contribution >= 0.6 is 0 Å². The van der Waals surface area contributed by atoms with Gasteiger partial charge in [-0.3, -0.25) is 0 Å². The molecule has 1 N–H and O–H groups in total. The lowest BCUT2D eigenvalue weighted by molar-refractivity contribution is 0.161. The average Bonchev–Trinajstić information content (AvgIpc) is 2.15. The zero-order valence-electron chi connectivity index (χ0n) is 5.71. The third-order valence-electron chi connectivity index (χ3n) is 1.67. The predicted molar refractivity (Wildman–Crippen MR) is 37.0 cm³/mol. The Morgan fingerprint density at radius 1 is 1.44 bits per heavy atom. The molecule has 53 valence electrons. The van der Waals surface area contributed by atoms with E-state index >= 15 is 0 Å². The topological polar surface area (TPSA) is 23.5 Å². The van der Waals surface area contributed by atoms with Gasteiger partial charge < -0.3 is 10.0 Å². The molecule has 0 aromatic carbocycles. The summed E-state index contributed by atoms with van der Waals surface area (Å²) in [5, 5.41) is 8.86. The lowest BCUT2D eigenvalue weighted by Gasteiger charge is -2.15. The van der Waals surface area contributed by atoms with Gasteiger partial charge in [-0.15, -0.1) is 0 Å². The van der Waals surface area contributed by atoms with E-state index in [1.54, 1.807) is 0 Å². The zero-order valence-corrected chi connectivity index (χ0v) is 5.71. The molecule has 1 rings (SSSR count). The molecule has 1 aliphatic rings. The van der Waals surface area contributed by atoms with Crippen molar-refractivity contribution in [3.63, 3.8) is 0 Å². The van der Waals surface area contributed by atoms with E-state index < -0.39 is 6.10 Å². The number of aliphatic hydroxyl groups excluding tert-OH is 1. The maximum absolute atomic E-state index is 8.86. The first-order valence-corrected chi connectivity index (χ1v) is 3.52. The second-order valence-electron chi connectivity index (χ2n) is 2.66. The number of aliphatic hydroxyl groups is 1. The molecule has 1 aliphatic heterocycles. The molecule has 2 heteroatoms. The molecule has 0 saturated carbocycles. The van der Waals surface area contributed by atoms with Crippen LogP contribution in [0, 0.1) is 6.92 Å². The van der Waals surface area contributed by atoms with Gasteiger partial charge in [0, 0.05) is 6.54 Å². The third kappa shape index (κ3) is 2.33. The second-order valence-corrected chi connectivity index (χ2v) is 2.66. The highest BCUT2D eigenvalue weighted by molar-refractivity contribution is 4.70. The van der Waals surface area contributed by atoms with Crippen molar-refractivity contribution in [2.24, 2.45) is 0 Å². The first kappa shape index (κ1) is 7.03. The van der Waals surface area contributed by atoms with Gasteiger partial charge in [0.25, 0.3) is 0 Å². The fraction of sp³-hybridized carbons (Fsp3) is 0.857. The standard InChI is InChI=1S/C7H14NO/c1-7(9)6-8-4-2-3-5-8/h7,9H,1-6H2. The molecule has 0 bridgehead atoms. The minimum atomic E-state index is -0.400. The van der Waals surface area contributed by atoms with Crippen LogP contribution in [0.2, 0.25) is 0 Å². The van der Waals surface area contributed by atoms with Crippen LogP contribution < -0.4 is 0 Å². The van der Waals surface area contributed by atoms with E-state index in [-0.39, 0.29) is 0 Å². The molecular formula is C7H14NO. The fourth-order valence-electron chi connectivity index (χ4n) is 1.26. The van der Waals surface area contributed by atoms with Gasteiger partial charge in [-0.25, -0.2) is 0 Å². The first-order valence-electron chi connectivity index (χ1n) is 3.52. The Morgan fingerprint density at radius 2 is 2.00 bits per heavy atom. The van der Waals surface area contributed by atoms with Gasteiger partial charge in [-0.1, -0.05) is 0 Å². The molecular weight excluding hydrogens is 114 g/mol. The molecule has 0 amide bonds. The SMILES string of the molecule is [CH2]C(O)CN1CCCC1. The number of nitrogens with zero attached hydrogens (tertiary/aromatic N) is 1. The molecule has 0 aromatic heterocycles. The maximum atomic E-state index is 8.86. The van der Waals surface area contributed by atoms with Gasteiger partial charge in [0.15, 0.2) is 0 Å². The van der Waals surface area contributed by atoms with Crippen LogP contribution in [0.1, 0.15) is 12.8 Å². The van der Waals surface area contributed by atoms with Crippen LogP contribution in [0.4, 0.5) is 0 Å². The lowest BCUT2D eigenvalue weighted by Crippen LogP contribution is -2.28. The molecule has 1 saturated heterocycles. The van der Waals surface area contributed by atoms with Gasteiger partial charge in [0.1, 0.15) is 0 Å². The summed E-state index contributed by atoms with van der Waals surface area (Å²) in [5.74, 6) is 0. The Morgan fingerprint density at radius 3 is 2.44 bits per heavy atom. The molecule has 1 heterocycles. The largest absolute Gasteiger partial charge is 0.392 e. The molecule has 9 heavy (non-hydrogen) atoms. The molecule has 1 unspecified atom stereocenters. The monoisotopic (exact) mass is 128 g/mol. The minimum Gasteiger partial charge on any atom is -0.392 e. The van der Waals surface area contributed by atoms with Gasteiger partial charge in [0.2, 0.25) is 0 Å². The van der Waals surface area contributed by atoms with E-state index in [4.69, 9.17) is 5.11 Å². The highest BCUT2D eigenvalue weighted by Crippen LogP contribution is 2.06. The van der Waals surface area contributed by atoms with E-state index in [2.05, 4.69) is 11.8 Å². The highest BCUT2D eigenvalue weighted by atomic mass is 16.3. The number of hydrogen-bond donors (Lipinski definition) is 1. The summed E-state index contributed by atoms with van der Waals surface area (Å²) in [4.78, 5) is 2.25. The number of β-amino-alcohol motifs (C(OH)–C–C–N with tert-alkyl or cyclic N) is 1. The predicted octanol–water partition coefficient (Wildman–Crippen LogP) is 0.277. The Labute approximate surface area is 56.5 Å². The van der Waals surface area contributed by atoms with E-state index in [9.17, 15) is 0 Å². The summed E-state index contributed by atoms with van der Waals surface area (Å²) in [5.41, 5.74) is 0. The molecule has 2 nitrogen and oxygen atoms in total. The minimum absolute atomic E-state index is 0.400. The van der Waals surface area contributed by atoms with Crippen molar-refractivity contribution in [1.82, 2.24) is 4.90 Å². The smallest absolute Gasteiger partial charge is 0.0668 e. The van der Waals surface area contributed by atoms with Crippen molar-refractivity contribution in [3.8, 4) is 0 Å². The third-order valence-corrected chi connectivity index (χ3v) is 1.67. The van der Waals surface area contributed by atoms with E-state index in [1.807, 2.05) is 0 Å². The lowest BCUT2D eigenvalue weighted by atomic mass is 10.4. The van der Waals surface area contributed by atoms with Crippen molar-refractivity contribution in [2.75, 3.05) is 19.6 Å². The van der Waals surface area contributed by atoms with E-state index in [0.717, 1.165) is 19.6 Å². The van der Waals surface area contributed by atoms with E-state index in [1.165, 1.54) is 12.8 Å². The first-order chi connectivity index (χ1) is 4.29.